The summed E-state index contributed by atoms with van der Waals surface area (Å²) in [6, 6.07) is 0. The Kier molecular flexibility index (Phi) is 9.96. The van der Waals surface area contributed by atoms with Gasteiger partial charge >= 0.3 is 8.56 Å². The lowest BCUT2D eigenvalue weighted by molar-refractivity contribution is -0.436. The summed E-state index contributed by atoms with van der Waals surface area (Å²) in [6.45, 7) is 14.7. The second-order valence-electron chi connectivity index (χ2n) is 5.96. The largest absolute Gasteiger partial charge is 0.393 e. The molecule has 1 heterocycles. The van der Waals surface area contributed by atoms with Crippen molar-refractivity contribution in [1.29, 1.82) is 0 Å². The van der Waals surface area contributed by atoms with Gasteiger partial charge in [-0.3, -0.25) is 4.74 Å². The summed E-state index contributed by atoms with van der Waals surface area (Å²) in [7, 11) is -2.44. The fourth-order valence-electron chi connectivity index (χ4n) is 2.89. The fourth-order valence-corrected chi connectivity index (χ4v) is 5.64. The summed E-state index contributed by atoms with van der Waals surface area (Å²) in [6.07, 6.45) is 2.60. The van der Waals surface area contributed by atoms with Gasteiger partial charge in [-0.1, -0.05) is 20.8 Å². The maximum Gasteiger partial charge on any atom is 0.364 e. The van der Waals surface area contributed by atoms with Crippen LogP contribution >= 0.6 is 0 Å². The molecule has 0 spiro atoms. The maximum absolute atomic E-state index is 6.28. The summed E-state index contributed by atoms with van der Waals surface area (Å²) in [5.41, 5.74) is -0.111. The molecule has 1 aliphatic heterocycles. The first-order valence-corrected chi connectivity index (χ1v) is 11.8. The van der Waals surface area contributed by atoms with Crippen molar-refractivity contribution in [1.82, 2.24) is 0 Å². The summed E-state index contributed by atoms with van der Waals surface area (Å²) in [5.74, 6) is -0.994. The van der Waals surface area contributed by atoms with Gasteiger partial charge in [-0.15, -0.1) is 0 Å². The second-order valence-corrected chi connectivity index (χ2v) is 9.21. The van der Waals surface area contributed by atoms with Crippen molar-refractivity contribution < 1.29 is 27.8 Å². The molecule has 0 aromatic carbocycles. The normalized spacial score (nSPS) is 20.8. The van der Waals surface area contributed by atoms with Gasteiger partial charge in [0.05, 0.1) is 13.2 Å². The highest BCUT2D eigenvalue weighted by Crippen LogP contribution is 2.29. The van der Waals surface area contributed by atoms with Gasteiger partial charge in [-0.2, -0.15) is 0 Å². The highest BCUT2D eigenvalue weighted by molar-refractivity contribution is 6.67. The van der Waals surface area contributed by atoms with Crippen molar-refractivity contribution in [2.45, 2.75) is 84.8 Å². The molecule has 0 aromatic heterocycles. The van der Waals surface area contributed by atoms with Gasteiger partial charge in [-0.25, -0.2) is 0 Å². The summed E-state index contributed by atoms with van der Waals surface area (Å²) >= 11 is 0. The predicted octanol–water partition coefficient (Wildman–Crippen LogP) is 3.72. The van der Waals surface area contributed by atoms with E-state index in [9.17, 15) is 0 Å². The Morgan fingerprint density at radius 3 is 1.96 bits per heavy atom. The Labute approximate surface area is 148 Å². The molecule has 1 fully saturated rings. The predicted molar refractivity (Wildman–Crippen MR) is 94.7 cm³/mol. The van der Waals surface area contributed by atoms with Crippen LogP contribution in [-0.2, 0) is 27.8 Å². The van der Waals surface area contributed by atoms with Crippen LogP contribution in [0.3, 0.4) is 0 Å². The van der Waals surface area contributed by atoms with Crippen molar-refractivity contribution >= 4 is 8.56 Å². The van der Waals surface area contributed by atoms with Gasteiger partial charge in [0, 0.05) is 19.6 Å². The van der Waals surface area contributed by atoms with Crippen molar-refractivity contribution in [3.8, 4) is 0 Å². The highest BCUT2D eigenvalue weighted by Gasteiger charge is 2.44. The third-order valence-electron chi connectivity index (χ3n) is 4.14. The Balaban J connectivity index is 2.78. The van der Waals surface area contributed by atoms with Gasteiger partial charge in [0.1, 0.15) is 5.73 Å². The third kappa shape index (κ3) is 6.05. The van der Waals surface area contributed by atoms with E-state index < -0.39 is 20.8 Å². The van der Waals surface area contributed by atoms with Crippen LogP contribution in [0.25, 0.3) is 0 Å². The molecule has 0 aliphatic carbocycles. The van der Waals surface area contributed by atoms with Crippen LogP contribution in [0.15, 0.2) is 0 Å². The molecule has 0 aromatic rings. The monoisotopic (exact) mass is 364 g/mol. The van der Waals surface area contributed by atoms with Gasteiger partial charge < -0.3 is 23.1 Å². The molecular formula is C17H36O6Si. The van der Waals surface area contributed by atoms with Gasteiger partial charge in [0.2, 0.25) is 0 Å². The number of ether oxygens (including phenoxy) is 4. The van der Waals surface area contributed by atoms with E-state index in [2.05, 4.69) is 13.5 Å². The first-order valence-electron chi connectivity index (χ1n) is 9.38. The number of hydrogen-bond donors (Lipinski definition) is 0. The van der Waals surface area contributed by atoms with Crippen LogP contribution in [0.1, 0.15) is 60.3 Å². The van der Waals surface area contributed by atoms with Crippen LogP contribution in [0, 0.1) is 0 Å². The number of hydrogen-bond acceptors (Lipinski definition) is 6. The van der Waals surface area contributed by atoms with E-state index in [-0.39, 0.29) is 5.73 Å². The van der Waals surface area contributed by atoms with E-state index in [0.29, 0.717) is 39.3 Å². The minimum absolute atomic E-state index is 0.111. The number of rotatable bonds is 12. The summed E-state index contributed by atoms with van der Waals surface area (Å²) in [4.78, 5) is 0. The van der Waals surface area contributed by atoms with E-state index in [1.165, 1.54) is 0 Å². The molecule has 0 bridgehead atoms. The molecule has 1 rings (SSSR count). The molecule has 2 atom stereocenters. The summed E-state index contributed by atoms with van der Waals surface area (Å²) in [5, 5.41) is 0. The average Bonchev–Trinajstić information content (AvgIpc) is 2.59. The van der Waals surface area contributed by atoms with E-state index in [4.69, 9.17) is 27.8 Å². The van der Waals surface area contributed by atoms with Crippen molar-refractivity contribution in [3.05, 3.63) is 0 Å². The Morgan fingerprint density at radius 2 is 1.54 bits per heavy atom. The van der Waals surface area contributed by atoms with Crippen LogP contribution in [0.4, 0.5) is 0 Å². The topological polar surface area (TPSA) is 55.4 Å². The zero-order valence-corrected chi connectivity index (χ0v) is 17.3. The van der Waals surface area contributed by atoms with Crippen LogP contribution in [-0.4, -0.2) is 53.0 Å². The molecule has 2 unspecified atom stereocenters. The standard InChI is InChI=1S/C17H36O6Si/c1-7-15(23-17(9-3)18-13-12-14-19-17)22-16(8-2)24(6,20-10-4)21-11-5/h15-16H,7-14H2,1-6H3. The second kappa shape index (κ2) is 10.9. The average molecular weight is 365 g/mol. The first kappa shape index (κ1) is 22.0. The van der Waals surface area contributed by atoms with Gasteiger partial charge in [0.25, 0.3) is 5.97 Å². The zero-order valence-electron chi connectivity index (χ0n) is 16.3. The molecule has 7 heteroatoms. The van der Waals surface area contributed by atoms with Crippen LogP contribution in [0.2, 0.25) is 6.55 Å². The molecule has 144 valence electrons. The van der Waals surface area contributed by atoms with Crippen molar-refractivity contribution in [2.75, 3.05) is 26.4 Å². The fraction of sp³-hybridized carbons (Fsp3) is 1.00. The Hall–Kier alpha value is -0.0231. The van der Waals surface area contributed by atoms with Crippen molar-refractivity contribution in [3.63, 3.8) is 0 Å². The lowest BCUT2D eigenvalue weighted by Crippen LogP contribution is -2.54. The van der Waals surface area contributed by atoms with E-state index in [1.807, 2.05) is 27.7 Å². The minimum atomic E-state index is -2.44. The lowest BCUT2D eigenvalue weighted by Gasteiger charge is -2.40. The Morgan fingerprint density at radius 1 is 0.958 bits per heavy atom. The first-order chi connectivity index (χ1) is 11.5. The SMILES string of the molecule is CCO[Si](C)(OCC)C(CC)OC(CC)OC1(CC)OCCCO1. The van der Waals surface area contributed by atoms with Gasteiger partial charge in [0.15, 0.2) is 6.29 Å². The summed E-state index contributed by atoms with van der Waals surface area (Å²) < 4.78 is 35.9. The molecule has 0 saturated carbocycles. The molecule has 1 aliphatic rings. The van der Waals surface area contributed by atoms with E-state index >= 15 is 0 Å². The van der Waals surface area contributed by atoms with E-state index in [1.54, 1.807) is 0 Å². The molecule has 0 N–H and O–H groups in total. The molecule has 24 heavy (non-hydrogen) atoms. The lowest BCUT2D eigenvalue weighted by atomic mass is 10.3. The molecule has 0 radical (unpaired) electrons. The van der Waals surface area contributed by atoms with E-state index in [0.717, 1.165) is 12.8 Å². The van der Waals surface area contributed by atoms with Gasteiger partial charge in [-0.05, 0) is 39.7 Å². The molecular weight excluding hydrogens is 328 g/mol. The highest BCUT2D eigenvalue weighted by atomic mass is 28.4. The maximum atomic E-state index is 6.28. The third-order valence-corrected chi connectivity index (χ3v) is 7.58. The Bertz CT molecular complexity index is 329. The van der Waals surface area contributed by atoms with Crippen molar-refractivity contribution in [2.24, 2.45) is 0 Å². The molecule has 1 saturated heterocycles. The smallest absolute Gasteiger partial charge is 0.364 e. The quantitative estimate of drug-likeness (QED) is 0.389. The van der Waals surface area contributed by atoms with Crippen LogP contribution in [0.5, 0.6) is 0 Å². The minimum Gasteiger partial charge on any atom is -0.393 e. The van der Waals surface area contributed by atoms with Crippen LogP contribution < -0.4 is 0 Å². The molecule has 0 amide bonds. The molecule has 6 nitrogen and oxygen atoms in total. The zero-order chi connectivity index (χ0) is 18.1.